The van der Waals surface area contributed by atoms with Crippen LogP contribution in [0.1, 0.15) is 37.0 Å². The highest BCUT2D eigenvalue weighted by Gasteiger charge is 2.29. The third-order valence-corrected chi connectivity index (χ3v) is 4.11. The first-order chi connectivity index (χ1) is 11.4. The lowest BCUT2D eigenvalue weighted by Gasteiger charge is -2.19. The number of hydrogen-bond donors (Lipinski definition) is 2. The average Bonchev–Trinajstić information content (AvgIpc) is 3.01. The van der Waals surface area contributed by atoms with Gasteiger partial charge in [0.1, 0.15) is 6.04 Å². The molecule has 0 aliphatic carbocycles. The van der Waals surface area contributed by atoms with E-state index in [1.54, 1.807) is 37.3 Å². The highest BCUT2D eigenvalue weighted by Crippen LogP contribution is 2.18. The minimum Gasteiger partial charge on any atom is -0.480 e. The monoisotopic (exact) mass is 330 g/mol. The van der Waals surface area contributed by atoms with Crippen LogP contribution in [-0.2, 0) is 9.59 Å². The number of Topliss-reactive ketones (excluding diaryl/α,β-unsaturated/α-hetero) is 1. The highest BCUT2D eigenvalue weighted by molar-refractivity contribution is 6.08. The molecule has 0 spiro atoms. The van der Waals surface area contributed by atoms with Gasteiger partial charge in [-0.1, -0.05) is 6.08 Å². The third kappa shape index (κ3) is 4.52. The summed E-state index contributed by atoms with van der Waals surface area (Å²) in [6.45, 7) is 4.35. The first kappa shape index (κ1) is 17.9. The number of carboxylic acids is 1. The molecule has 0 bridgehead atoms. The van der Waals surface area contributed by atoms with Crippen LogP contribution in [0.3, 0.4) is 0 Å². The molecule has 1 aromatic rings. The molecule has 6 heteroatoms. The number of rotatable bonds is 6. The molecule has 1 saturated heterocycles. The number of hydrogen-bond acceptors (Lipinski definition) is 4. The second-order valence-electron chi connectivity index (χ2n) is 5.97. The molecule has 0 radical (unpaired) electrons. The highest BCUT2D eigenvalue weighted by atomic mass is 16.4. The Labute approximate surface area is 141 Å². The number of allylic oxidation sites excluding steroid dienone is 1. The summed E-state index contributed by atoms with van der Waals surface area (Å²) in [4.78, 5) is 36.4. The number of amides is 1. The minimum atomic E-state index is -0.807. The number of aliphatic carboxylic acids is 1. The maximum absolute atomic E-state index is 12.4. The molecular formula is C18H22N2O4. The summed E-state index contributed by atoms with van der Waals surface area (Å²) < 4.78 is 0. The van der Waals surface area contributed by atoms with Crippen molar-refractivity contribution in [3.8, 4) is 0 Å². The number of likely N-dealkylation sites (tertiary alicyclic amines) is 1. The quantitative estimate of drug-likeness (QED) is 0.617. The summed E-state index contributed by atoms with van der Waals surface area (Å²) in [6.07, 6.45) is 3.30. The number of nitrogens with one attached hydrogen (secondary N) is 1. The van der Waals surface area contributed by atoms with E-state index in [9.17, 15) is 14.4 Å². The maximum Gasteiger partial charge on any atom is 0.320 e. The zero-order valence-electron chi connectivity index (χ0n) is 13.9. The molecule has 0 unspecified atom stereocenters. The molecule has 1 aromatic carbocycles. The van der Waals surface area contributed by atoms with Gasteiger partial charge >= 0.3 is 5.97 Å². The zero-order valence-corrected chi connectivity index (χ0v) is 13.9. The number of nitrogens with zero attached hydrogens (tertiary/aromatic N) is 1. The summed E-state index contributed by atoms with van der Waals surface area (Å²) in [5.74, 6) is -1.07. The number of anilines is 1. The van der Waals surface area contributed by atoms with Crippen molar-refractivity contribution < 1.29 is 19.5 Å². The Bertz CT molecular complexity index is 664. The van der Waals surface area contributed by atoms with E-state index in [2.05, 4.69) is 5.32 Å². The van der Waals surface area contributed by atoms with Crippen LogP contribution in [0, 0.1) is 0 Å². The van der Waals surface area contributed by atoms with Gasteiger partial charge in [-0.2, -0.15) is 0 Å². The fourth-order valence-electron chi connectivity index (χ4n) is 2.81. The Hall–Kier alpha value is -2.47. The second-order valence-corrected chi connectivity index (χ2v) is 5.97. The van der Waals surface area contributed by atoms with Crippen LogP contribution in [-0.4, -0.2) is 46.8 Å². The largest absolute Gasteiger partial charge is 0.480 e. The van der Waals surface area contributed by atoms with Crippen molar-refractivity contribution >= 4 is 23.3 Å². The van der Waals surface area contributed by atoms with Gasteiger partial charge in [-0.25, -0.2) is 0 Å². The lowest BCUT2D eigenvalue weighted by atomic mass is 10.0. The van der Waals surface area contributed by atoms with E-state index in [1.165, 1.54) is 6.92 Å². The number of carboxylic acid groups (broad SMARTS) is 1. The van der Waals surface area contributed by atoms with E-state index in [0.717, 1.165) is 13.0 Å². The standard InChI is InChI=1S/C18H22N2O4/c1-12(9-11-20-10-3-4-16(20)18(23)24)17(22)14-5-7-15(8-6-14)19-13(2)21/h5-9,16H,3-4,10-11H2,1-2H3,(H,19,21)(H,23,24)/b12-9-/t16-/m0/s1. The fraction of sp³-hybridized carbons (Fsp3) is 0.389. The molecule has 2 N–H and O–H groups in total. The molecule has 6 nitrogen and oxygen atoms in total. The normalized spacial score (nSPS) is 18.4. The van der Waals surface area contributed by atoms with Crippen molar-refractivity contribution in [3.05, 3.63) is 41.5 Å². The van der Waals surface area contributed by atoms with E-state index in [0.29, 0.717) is 29.8 Å². The van der Waals surface area contributed by atoms with Crippen LogP contribution in [0.15, 0.2) is 35.9 Å². The van der Waals surface area contributed by atoms with Gasteiger partial charge in [0.15, 0.2) is 5.78 Å². The summed E-state index contributed by atoms with van der Waals surface area (Å²) in [6, 6.07) is 6.24. The summed E-state index contributed by atoms with van der Waals surface area (Å²) >= 11 is 0. The average molecular weight is 330 g/mol. The van der Waals surface area contributed by atoms with Crippen molar-refractivity contribution in [3.63, 3.8) is 0 Å². The van der Waals surface area contributed by atoms with Gasteiger partial charge in [0, 0.05) is 24.7 Å². The number of carbonyl (C=O) groups excluding carboxylic acids is 2. The van der Waals surface area contributed by atoms with Gasteiger partial charge in [-0.3, -0.25) is 19.3 Å². The number of ketones is 1. The van der Waals surface area contributed by atoms with Gasteiger partial charge in [0.05, 0.1) is 0 Å². The lowest BCUT2D eigenvalue weighted by molar-refractivity contribution is -0.141. The Morgan fingerprint density at radius 2 is 1.92 bits per heavy atom. The summed E-state index contributed by atoms with van der Waals surface area (Å²) in [5.41, 5.74) is 1.76. The minimum absolute atomic E-state index is 0.101. The Kier molecular flexibility index (Phi) is 5.87. The van der Waals surface area contributed by atoms with E-state index >= 15 is 0 Å². The molecule has 24 heavy (non-hydrogen) atoms. The van der Waals surface area contributed by atoms with Gasteiger partial charge < -0.3 is 10.4 Å². The first-order valence-corrected chi connectivity index (χ1v) is 7.94. The van der Waals surface area contributed by atoms with E-state index < -0.39 is 12.0 Å². The maximum atomic E-state index is 12.4. The summed E-state index contributed by atoms with van der Waals surface area (Å²) in [7, 11) is 0. The van der Waals surface area contributed by atoms with Crippen LogP contribution in [0.2, 0.25) is 0 Å². The van der Waals surface area contributed by atoms with Crippen molar-refractivity contribution in [1.29, 1.82) is 0 Å². The van der Waals surface area contributed by atoms with E-state index in [1.807, 2.05) is 4.90 Å². The van der Waals surface area contributed by atoms with Crippen molar-refractivity contribution in [2.75, 3.05) is 18.4 Å². The Morgan fingerprint density at radius 3 is 2.50 bits per heavy atom. The number of carbonyl (C=O) groups is 3. The predicted molar refractivity (Wildman–Crippen MR) is 91.1 cm³/mol. The van der Waals surface area contributed by atoms with Gasteiger partial charge in [-0.05, 0) is 56.1 Å². The van der Waals surface area contributed by atoms with Crippen LogP contribution in [0.25, 0.3) is 0 Å². The molecular weight excluding hydrogens is 308 g/mol. The molecule has 128 valence electrons. The number of benzene rings is 1. The molecule has 1 heterocycles. The Balaban J connectivity index is 2.00. The summed E-state index contributed by atoms with van der Waals surface area (Å²) in [5, 5.41) is 11.8. The molecule has 1 atom stereocenters. The van der Waals surface area contributed by atoms with Gasteiger partial charge in [0.2, 0.25) is 5.91 Å². The first-order valence-electron chi connectivity index (χ1n) is 7.94. The Morgan fingerprint density at radius 1 is 1.25 bits per heavy atom. The van der Waals surface area contributed by atoms with Crippen LogP contribution in [0.5, 0.6) is 0 Å². The molecule has 2 rings (SSSR count). The topological polar surface area (TPSA) is 86.7 Å². The van der Waals surface area contributed by atoms with Crippen molar-refractivity contribution in [2.45, 2.75) is 32.7 Å². The fourth-order valence-corrected chi connectivity index (χ4v) is 2.81. The van der Waals surface area contributed by atoms with Crippen LogP contribution >= 0.6 is 0 Å². The molecule has 1 fully saturated rings. The second kappa shape index (κ2) is 7.88. The molecule has 1 amide bonds. The molecule has 0 saturated carbocycles. The van der Waals surface area contributed by atoms with Crippen molar-refractivity contribution in [2.24, 2.45) is 0 Å². The van der Waals surface area contributed by atoms with E-state index in [4.69, 9.17) is 5.11 Å². The predicted octanol–water partition coefficient (Wildman–Crippen LogP) is 2.32. The van der Waals surface area contributed by atoms with Crippen molar-refractivity contribution in [1.82, 2.24) is 4.90 Å². The molecule has 1 aliphatic rings. The van der Waals surface area contributed by atoms with Gasteiger partial charge in [-0.15, -0.1) is 0 Å². The molecule has 1 aliphatic heterocycles. The van der Waals surface area contributed by atoms with Gasteiger partial charge in [0.25, 0.3) is 0 Å². The van der Waals surface area contributed by atoms with E-state index in [-0.39, 0.29) is 11.7 Å². The molecule has 0 aromatic heterocycles. The SMILES string of the molecule is CC(=O)Nc1ccc(C(=O)/C(C)=C\CN2CCC[C@H]2C(=O)O)cc1. The van der Waals surface area contributed by atoms with Crippen LogP contribution < -0.4 is 5.32 Å². The lowest BCUT2D eigenvalue weighted by Crippen LogP contribution is -2.36. The smallest absolute Gasteiger partial charge is 0.320 e. The zero-order chi connectivity index (χ0) is 17.7. The third-order valence-electron chi connectivity index (χ3n) is 4.11. The van der Waals surface area contributed by atoms with Crippen LogP contribution in [0.4, 0.5) is 5.69 Å².